The number of alkyl halides is 6. The SMILES string of the molecule is O=C(NCc1ccco1)c1csc(CN(Cc2ccco2)C(=O)c2cc(C(F)(F)F)cc(C(F)(F)F)c2)n1. The van der Waals surface area contributed by atoms with Crippen molar-refractivity contribution in [1.29, 1.82) is 0 Å². The third-order valence-corrected chi connectivity index (χ3v) is 6.00. The minimum Gasteiger partial charge on any atom is -0.467 e. The first-order valence-corrected chi connectivity index (χ1v) is 11.6. The molecule has 2 amide bonds. The van der Waals surface area contributed by atoms with Gasteiger partial charge in [-0.05, 0) is 42.5 Å². The molecule has 4 aromatic rings. The Morgan fingerprint density at radius 3 is 2.05 bits per heavy atom. The minimum atomic E-state index is -5.12. The van der Waals surface area contributed by atoms with Gasteiger partial charge < -0.3 is 19.1 Å². The molecule has 1 N–H and O–H groups in total. The molecule has 0 saturated carbocycles. The molecule has 0 bridgehead atoms. The zero-order valence-corrected chi connectivity index (χ0v) is 19.9. The van der Waals surface area contributed by atoms with Crippen LogP contribution in [0.25, 0.3) is 0 Å². The second-order valence-electron chi connectivity index (χ2n) is 7.92. The summed E-state index contributed by atoms with van der Waals surface area (Å²) in [4.78, 5) is 30.8. The number of nitrogens with zero attached hydrogens (tertiary/aromatic N) is 2. The molecule has 0 radical (unpaired) electrons. The fourth-order valence-electron chi connectivity index (χ4n) is 3.37. The molecule has 0 unspecified atom stereocenters. The van der Waals surface area contributed by atoms with Crippen LogP contribution in [0.4, 0.5) is 26.3 Å². The second-order valence-corrected chi connectivity index (χ2v) is 8.87. The van der Waals surface area contributed by atoms with Crippen molar-refractivity contribution in [3.8, 4) is 0 Å². The van der Waals surface area contributed by atoms with E-state index in [1.807, 2.05) is 0 Å². The van der Waals surface area contributed by atoms with Gasteiger partial charge in [0, 0.05) is 10.9 Å². The van der Waals surface area contributed by atoms with Gasteiger partial charge in [-0.15, -0.1) is 11.3 Å². The Labute approximate surface area is 214 Å². The number of aromatic nitrogens is 1. The number of hydrogen-bond acceptors (Lipinski definition) is 6. The quantitative estimate of drug-likeness (QED) is 0.263. The first-order chi connectivity index (χ1) is 17.9. The maximum atomic E-state index is 13.3. The first kappa shape index (κ1) is 27.0. The van der Waals surface area contributed by atoms with E-state index < -0.39 is 40.9 Å². The van der Waals surface area contributed by atoms with Crippen molar-refractivity contribution < 1.29 is 44.8 Å². The number of amides is 2. The molecule has 0 fully saturated rings. The van der Waals surface area contributed by atoms with Crippen molar-refractivity contribution in [1.82, 2.24) is 15.2 Å². The highest BCUT2D eigenvalue weighted by atomic mass is 32.1. The Kier molecular flexibility index (Phi) is 7.62. The average Bonchev–Trinajstić information content (AvgIpc) is 3.64. The summed E-state index contributed by atoms with van der Waals surface area (Å²) in [5.74, 6) is -0.921. The van der Waals surface area contributed by atoms with Gasteiger partial charge in [-0.3, -0.25) is 9.59 Å². The number of furan rings is 2. The van der Waals surface area contributed by atoms with Gasteiger partial charge >= 0.3 is 12.4 Å². The summed E-state index contributed by atoms with van der Waals surface area (Å²) in [6.45, 7) is -0.491. The smallest absolute Gasteiger partial charge is 0.416 e. The van der Waals surface area contributed by atoms with Gasteiger partial charge in [0.15, 0.2) is 0 Å². The fraction of sp³-hybridized carbons (Fsp3) is 0.208. The lowest BCUT2D eigenvalue weighted by molar-refractivity contribution is -0.143. The van der Waals surface area contributed by atoms with E-state index in [9.17, 15) is 35.9 Å². The number of nitrogens with one attached hydrogen (secondary N) is 1. The third-order valence-electron chi connectivity index (χ3n) is 5.16. The molecule has 1 aromatic carbocycles. The molecule has 3 heterocycles. The fourth-order valence-corrected chi connectivity index (χ4v) is 4.16. The zero-order chi connectivity index (χ0) is 27.5. The van der Waals surface area contributed by atoms with E-state index in [2.05, 4.69) is 10.3 Å². The number of carbonyl (C=O) groups is 2. The summed E-state index contributed by atoms with van der Waals surface area (Å²) in [5.41, 5.74) is -4.02. The lowest BCUT2D eigenvalue weighted by Gasteiger charge is -2.22. The van der Waals surface area contributed by atoms with Gasteiger partial charge in [-0.1, -0.05) is 0 Å². The molecule has 0 aliphatic carbocycles. The summed E-state index contributed by atoms with van der Waals surface area (Å²) < 4.78 is 90.3. The lowest BCUT2D eigenvalue weighted by Crippen LogP contribution is -2.31. The summed E-state index contributed by atoms with van der Waals surface area (Å²) in [6, 6.07) is 6.97. The van der Waals surface area contributed by atoms with Gasteiger partial charge in [0.05, 0.1) is 43.3 Å². The Bertz CT molecular complexity index is 1360. The van der Waals surface area contributed by atoms with Crippen LogP contribution in [0.5, 0.6) is 0 Å². The molecule has 200 valence electrons. The highest BCUT2D eigenvalue weighted by Gasteiger charge is 2.38. The maximum Gasteiger partial charge on any atom is 0.416 e. The van der Waals surface area contributed by atoms with Crippen molar-refractivity contribution in [2.45, 2.75) is 32.0 Å². The number of rotatable bonds is 8. The van der Waals surface area contributed by atoms with Gasteiger partial charge in [0.1, 0.15) is 22.2 Å². The predicted molar refractivity (Wildman–Crippen MR) is 121 cm³/mol. The van der Waals surface area contributed by atoms with E-state index in [1.54, 1.807) is 12.1 Å². The largest absolute Gasteiger partial charge is 0.467 e. The molecule has 0 aliphatic heterocycles. The van der Waals surface area contributed by atoms with Crippen molar-refractivity contribution >= 4 is 23.2 Å². The summed E-state index contributed by atoms with van der Waals surface area (Å²) in [7, 11) is 0. The van der Waals surface area contributed by atoms with Gasteiger partial charge in [-0.25, -0.2) is 4.98 Å². The average molecular weight is 557 g/mol. The summed E-state index contributed by atoms with van der Waals surface area (Å²) >= 11 is 0.990. The predicted octanol–water partition coefficient (Wildman–Crippen LogP) is 6.14. The van der Waals surface area contributed by atoms with Crippen molar-refractivity contribution in [3.05, 3.63) is 99.3 Å². The maximum absolute atomic E-state index is 13.3. The van der Waals surface area contributed by atoms with Crippen LogP contribution in [0.15, 0.2) is 69.2 Å². The van der Waals surface area contributed by atoms with Crippen LogP contribution < -0.4 is 5.32 Å². The van der Waals surface area contributed by atoms with Crippen LogP contribution in [0.3, 0.4) is 0 Å². The van der Waals surface area contributed by atoms with E-state index >= 15 is 0 Å². The van der Waals surface area contributed by atoms with Crippen LogP contribution in [-0.4, -0.2) is 21.7 Å². The normalized spacial score (nSPS) is 11.9. The third kappa shape index (κ3) is 6.62. The summed E-state index contributed by atoms with van der Waals surface area (Å²) in [5, 5.41) is 4.23. The van der Waals surface area contributed by atoms with Crippen molar-refractivity contribution in [2.75, 3.05) is 0 Å². The van der Waals surface area contributed by atoms with E-state index in [4.69, 9.17) is 8.83 Å². The van der Waals surface area contributed by atoms with Crippen LogP contribution in [0.1, 0.15) is 48.5 Å². The van der Waals surface area contributed by atoms with Crippen molar-refractivity contribution in [2.24, 2.45) is 0 Å². The second kappa shape index (κ2) is 10.7. The van der Waals surface area contributed by atoms with Gasteiger partial charge in [0.2, 0.25) is 0 Å². The zero-order valence-electron chi connectivity index (χ0n) is 19.1. The minimum absolute atomic E-state index is 0.0142. The number of halogens is 6. The van der Waals surface area contributed by atoms with Crippen LogP contribution in [0.2, 0.25) is 0 Å². The molecule has 0 atom stereocenters. The van der Waals surface area contributed by atoms with E-state index in [0.717, 1.165) is 16.2 Å². The first-order valence-electron chi connectivity index (χ1n) is 10.8. The number of benzene rings is 1. The Hall–Kier alpha value is -4.07. The molecule has 0 spiro atoms. The topological polar surface area (TPSA) is 88.6 Å². The van der Waals surface area contributed by atoms with Crippen LogP contribution in [0, 0.1) is 0 Å². The molecule has 7 nitrogen and oxygen atoms in total. The summed E-state index contributed by atoms with van der Waals surface area (Å²) in [6.07, 6.45) is -7.49. The highest BCUT2D eigenvalue weighted by molar-refractivity contribution is 7.09. The monoisotopic (exact) mass is 557 g/mol. The Morgan fingerprint density at radius 2 is 1.50 bits per heavy atom. The molecular formula is C24H17F6N3O4S. The van der Waals surface area contributed by atoms with E-state index in [0.29, 0.717) is 17.9 Å². The lowest BCUT2D eigenvalue weighted by atomic mass is 10.0. The molecule has 14 heteroatoms. The molecule has 38 heavy (non-hydrogen) atoms. The molecule has 0 saturated heterocycles. The number of hydrogen-bond donors (Lipinski definition) is 1. The molecular weight excluding hydrogens is 540 g/mol. The Balaban J connectivity index is 1.59. The molecule has 0 aliphatic rings. The molecule has 4 rings (SSSR count). The molecule has 3 aromatic heterocycles. The van der Waals surface area contributed by atoms with Crippen molar-refractivity contribution in [3.63, 3.8) is 0 Å². The number of thiazole rings is 1. The van der Waals surface area contributed by atoms with Crippen LogP contribution in [-0.2, 0) is 32.0 Å². The Morgan fingerprint density at radius 1 is 0.895 bits per heavy atom. The van der Waals surface area contributed by atoms with E-state index in [-0.39, 0.29) is 42.2 Å². The van der Waals surface area contributed by atoms with Gasteiger partial charge in [-0.2, -0.15) is 26.3 Å². The van der Waals surface area contributed by atoms with Gasteiger partial charge in [0.25, 0.3) is 11.8 Å². The number of carbonyl (C=O) groups excluding carboxylic acids is 2. The van der Waals surface area contributed by atoms with E-state index in [1.165, 1.54) is 30.0 Å². The van der Waals surface area contributed by atoms with Crippen LogP contribution >= 0.6 is 11.3 Å². The highest BCUT2D eigenvalue weighted by Crippen LogP contribution is 2.36. The standard InChI is InChI=1S/C24H17F6N3O4S/c25-23(26,27)15-7-14(8-16(9-15)24(28,29)30)22(35)33(11-18-4-2-6-37-18)12-20-32-19(13-38-20)21(34)31-10-17-3-1-5-36-17/h1-9,13H,10-12H2,(H,31,34).